The highest BCUT2D eigenvalue weighted by Crippen LogP contribution is 2.14. The monoisotopic (exact) mass is 472 g/mol. The summed E-state index contributed by atoms with van der Waals surface area (Å²) >= 11 is 6.81. The van der Waals surface area contributed by atoms with Crippen molar-refractivity contribution in [3.63, 3.8) is 0 Å². The van der Waals surface area contributed by atoms with E-state index in [9.17, 15) is 0 Å². The molecule has 1 aliphatic heterocycles. The maximum atomic E-state index is 8.41. The molecule has 0 bridgehead atoms. The first-order chi connectivity index (χ1) is 11.8. The van der Waals surface area contributed by atoms with Gasteiger partial charge in [-0.05, 0) is 44.9 Å². The van der Waals surface area contributed by atoms with Crippen molar-refractivity contribution in [2.75, 3.05) is 30.5 Å². The van der Waals surface area contributed by atoms with E-state index in [0.717, 1.165) is 36.7 Å². The van der Waals surface area contributed by atoms with Crippen molar-refractivity contribution in [3.05, 3.63) is 0 Å². The van der Waals surface area contributed by atoms with Gasteiger partial charge in [0, 0.05) is 30.5 Å². The molecule has 0 aromatic rings. The van der Waals surface area contributed by atoms with E-state index >= 15 is 0 Å². The van der Waals surface area contributed by atoms with Crippen LogP contribution in [0.5, 0.6) is 0 Å². The molecule has 0 aromatic heterocycles. The zero-order chi connectivity index (χ0) is 17.7. The lowest BCUT2D eigenvalue weighted by Crippen LogP contribution is -2.22. The van der Waals surface area contributed by atoms with E-state index in [1.165, 1.54) is 70.6 Å². The van der Waals surface area contributed by atoms with Crippen molar-refractivity contribution in [2.45, 2.75) is 89.8 Å². The van der Waals surface area contributed by atoms with E-state index in [-0.39, 0.29) is 6.29 Å². The van der Waals surface area contributed by atoms with Crippen molar-refractivity contribution in [3.8, 4) is 0 Å². The van der Waals surface area contributed by atoms with Crippen LogP contribution in [0.3, 0.4) is 0 Å². The van der Waals surface area contributed by atoms with Crippen LogP contribution >= 0.6 is 31.9 Å². The highest BCUT2D eigenvalue weighted by Gasteiger charge is 2.13. The number of halogens is 2. The Morgan fingerprint density at radius 2 is 1.38 bits per heavy atom. The lowest BCUT2D eigenvalue weighted by molar-refractivity contribution is -0.162. The first-order valence-corrected chi connectivity index (χ1v) is 12.1. The topological polar surface area (TPSA) is 38.7 Å². The second-order valence-corrected chi connectivity index (χ2v) is 7.89. The third kappa shape index (κ3) is 19.2. The number of rotatable bonds is 14. The Balaban J connectivity index is 0.000000506. The van der Waals surface area contributed by atoms with Crippen LogP contribution in [0.25, 0.3) is 0 Å². The normalized spacial score (nSPS) is 17.4. The van der Waals surface area contributed by atoms with Crippen LogP contribution in [0, 0.1) is 0 Å². The number of unbranched alkanes of at least 4 members (excludes halogenated alkanes) is 8. The number of aliphatic hydroxyl groups is 1. The summed E-state index contributed by atoms with van der Waals surface area (Å²) in [6.45, 7) is 2.11. The molecule has 5 heteroatoms. The molecular weight excluding hydrogens is 436 g/mol. The third-order valence-electron chi connectivity index (χ3n) is 4.01. The first kappa shape index (κ1) is 24.8. The van der Waals surface area contributed by atoms with Crippen molar-refractivity contribution in [2.24, 2.45) is 0 Å². The summed E-state index contributed by atoms with van der Waals surface area (Å²) in [4.78, 5) is 0. The highest BCUT2D eigenvalue weighted by atomic mass is 79.9. The Morgan fingerprint density at radius 3 is 1.92 bits per heavy atom. The molecule has 1 aliphatic rings. The standard InChI is InChI=1S/C12H23BrO2.C7H15BrO/c13-9-5-2-1-3-6-10-14-12-8-4-7-11-15-12;8-6-4-2-1-3-5-7-9/h12H,1-11H2;9H,1-7H2. The van der Waals surface area contributed by atoms with Crippen LogP contribution in [0.2, 0.25) is 0 Å². The smallest absolute Gasteiger partial charge is 0.157 e. The summed E-state index contributed by atoms with van der Waals surface area (Å²) in [5, 5.41) is 10.7. The lowest BCUT2D eigenvalue weighted by Gasteiger charge is -2.22. The molecule has 146 valence electrons. The summed E-state index contributed by atoms with van der Waals surface area (Å²) < 4.78 is 11.2. The Morgan fingerprint density at radius 1 is 0.792 bits per heavy atom. The molecule has 1 N–H and O–H groups in total. The van der Waals surface area contributed by atoms with E-state index in [2.05, 4.69) is 31.9 Å². The number of aliphatic hydroxyl groups excluding tert-OH is 1. The maximum absolute atomic E-state index is 8.41. The van der Waals surface area contributed by atoms with Crippen LogP contribution in [0.15, 0.2) is 0 Å². The van der Waals surface area contributed by atoms with Crippen molar-refractivity contribution < 1.29 is 14.6 Å². The average Bonchev–Trinajstić information content (AvgIpc) is 2.62. The minimum Gasteiger partial charge on any atom is -0.396 e. The summed E-state index contributed by atoms with van der Waals surface area (Å²) in [6.07, 6.45) is 16.1. The molecule has 1 fully saturated rings. The molecule has 1 rings (SSSR count). The molecule has 0 spiro atoms. The van der Waals surface area contributed by atoms with Gasteiger partial charge in [-0.1, -0.05) is 70.4 Å². The van der Waals surface area contributed by atoms with Gasteiger partial charge >= 0.3 is 0 Å². The number of ether oxygens (including phenoxy) is 2. The second-order valence-electron chi connectivity index (χ2n) is 6.30. The van der Waals surface area contributed by atoms with Gasteiger partial charge in [-0.15, -0.1) is 0 Å². The van der Waals surface area contributed by atoms with Gasteiger partial charge in [0.15, 0.2) is 6.29 Å². The zero-order valence-corrected chi connectivity index (χ0v) is 18.5. The van der Waals surface area contributed by atoms with Gasteiger partial charge in [-0.2, -0.15) is 0 Å². The molecule has 0 radical (unpaired) electrons. The first-order valence-electron chi connectivity index (χ1n) is 9.81. The quantitative estimate of drug-likeness (QED) is 0.241. The van der Waals surface area contributed by atoms with Crippen LogP contribution < -0.4 is 0 Å². The van der Waals surface area contributed by atoms with Crippen LogP contribution in [0.4, 0.5) is 0 Å². The van der Waals surface area contributed by atoms with Gasteiger partial charge in [0.05, 0.1) is 0 Å². The van der Waals surface area contributed by atoms with Crippen LogP contribution in [0.1, 0.15) is 83.5 Å². The van der Waals surface area contributed by atoms with Gasteiger partial charge in [0.2, 0.25) is 0 Å². The minimum atomic E-state index is 0.0984. The average molecular weight is 474 g/mol. The van der Waals surface area contributed by atoms with Gasteiger partial charge in [0.1, 0.15) is 0 Å². The van der Waals surface area contributed by atoms with Crippen LogP contribution in [-0.2, 0) is 9.47 Å². The van der Waals surface area contributed by atoms with Crippen molar-refractivity contribution in [1.82, 2.24) is 0 Å². The van der Waals surface area contributed by atoms with Gasteiger partial charge in [-0.3, -0.25) is 0 Å². The number of hydrogen-bond donors (Lipinski definition) is 1. The Kier molecular flexibility index (Phi) is 22.6. The molecule has 1 atom stereocenters. The molecule has 0 aromatic carbocycles. The molecule has 24 heavy (non-hydrogen) atoms. The summed E-state index contributed by atoms with van der Waals surface area (Å²) in [5.74, 6) is 0. The summed E-state index contributed by atoms with van der Waals surface area (Å²) in [6, 6.07) is 0. The molecule has 1 unspecified atom stereocenters. The largest absolute Gasteiger partial charge is 0.396 e. The molecule has 1 saturated heterocycles. The van der Waals surface area contributed by atoms with Crippen LogP contribution in [-0.4, -0.2) is 41.9 Å². The summed E-state index contributed by atoms with van der Waals surface area (Å²) in [5.41, 5.74) is 0. The highest BCUT2D eigenvalue weighted by molar-refractivity contribution is 9.09. The fourth-order valence-electron chi connectivity index (χ4n) is 2.52. The Hall–Kier alpha value is 0.840. The molecule has 0 amide bonds. The summed E-state index contributed by atoms with van der Waals surface area (Å²) in [7, 11) is 0. The Labute approximate surface area is 166 Å². The van der Waals surface area contributed by atoms with E-state index in [4.69, 9.17) is 14.6 Å². The van der Waals surface area contributed by atoms with E-state index < -0.39 is 0 Å². The number of hydrogen-bond acceptors (Lipinski definition) is 3. The van der Waals surface area contributed by atoms with Gasteiger partial charge in [-0.25, -0.2) is 0 Å². The predicted molar refractivity (Wildman–Crippen MR) is 110 cm³/mol. The van der Waals surface area contributed by atoms with Crippen molar-refractivity contribution in [1.29, 1.82) is 0 Å². The molecule has 0 aliphatic carbocycles. The van der Waals surface area contributed by atoms with E-state index in [0.29, 0.717) is 6.61 Å². The SMILES string of the molecule is BrCCCCCCCOC1CCCCO1.OCCCCCCCBr. The van der Waals surface area contributed by atoms with E-state index in [1.807, 2.05) is 0 Å². The zero-order valence-electron chi connectivity index (χ0n) is 15.3. The Bertz CT molecular complexity index is 219. The number of alkyl halides is 2. The fraction of sp³-hybridized carbons (Fsp3) is 1.00. The van der Waals surface area contributed by atoms with Gasteiger partial charge in [0.25, 0.3) is 0 Å². The molecule has 1 heterocycles. The fourth-order valence-corrected chi connectivity index (χ4v) is 3.31. The lowest BCUT2D eigenvalue weighted by atomic mass is 10.2. The minimum absolute atomic E-state index is 0.0984. The van der Waals surface area contributed by atoms with Gasteiger partial charge < -0.3 is 14.6 Å². The predicted octanol–water partition coefficient (Wildman–Crippen LogP) is 6.20. The molecular formula is C19H38Br2O3. The van der Waals surface area contributed by atoms with Crippen molar-refractivity contribution >= 4 is 31.9 Å². The third-order valence-corrected chi connectivity index (χ3v) is 5.13. The van der Waals surface area contributed by atoms with E-state index in [1.54, 1.807) is 0 Å². The molecule has 0 saturated carbocycles. The second kappa shape index (κ2) is 21.9. The molecule has 3 nitrogen and oxygen atoms in total. The maximum Gasteiger partial charge on any atom is 0.157 e.